The molecule has 2 aromatic rings. The highest BCUT2D eigenvalue weighted by Crippen LogP contribution is 2.24. The molecule has 0 aromatic heterocycles. The van der Waals surface area contributed by atoms with Crippen LogP contribution in [-0.2, 0) is 14.9 Å². The van der Waals surface area contributed by atoms with Gasteiger partial charge < -0.3 is 14.8 Å². The van der Waals surface area contributed by atoms with E-state index in [1.54, 1.807) is 25.1 Å². The number of hydrogen-bond acceptors (Lipinski definition) is 4. The van der Waals surface area contributed by atoms with Gasteiger partial charge in [-0.3, -0.25) is 4.79 Å². The molecule has 5 nitrogen and oxygen atoms in total. The Morgan fingerprint density at radius 1 is 1.04 bits per heavy atom. The number of carbonyl (C=O) groups is 2. The third-order valence-corrected chi connectivity index (χ3v) is 4.10. The Labute approximate surface area is 154 Å². The minimum absolute atomic E-state index is 0.0675. The number of amides is 1. The van der Waals surface area contributed by atoms with Gasteiger partial charge in [-0.1, -0.05) is 39.0 Å². The molecular formula is C21H25NO4. The lowest BCUT2D eigenvalue weighted by Gasteiger charge is -2.19. The van der Waals surface area contributed by atoms with E-state index in [-0.39, 0.29) is 17.9 Å². The van der Waals surface area contributed by atoms with Crippen molar-refractivity contribution in [1.82, 2.24) is 0 Å². The zero-order valence-electron chi connectivity index (χ0n) is 15.9. The van der Waals surface area contributed by atoms with Gasteiger partial charge in [-0.2, -0.15) is 0 Å². The third-order valence-electron chi connectivity index (χ3n) is 4.10. The topological polar surface area (TPSA) is 64.6 Å². The number of hydrogen-bond donors (Lipinski definition) is 1. The first kappa shape index (κ1) is 19.5. The molecule has 0 heterocycles. The summed E-state index contributed by atoms with van der Waals surface area (Å²) in [6.07, 6.45) is 0. The molecule has 0 spiro atoms. The minimum Gasteiger partial charge on any atom is -0.484 e. The maximum absolute atomic E-state index is 12.2. The monoisotopic (exact) mass is 355 g/mol. The molecule has 0 aliphatic carbocycles. The van der Waals surface area contributed by atoms with Gasteiger partial charge in [0.25, 0.3) is 5.91 Å². The standard InChI is InChI=1S/C21H25NO4/c1-14-17(20(24)25-5)7-6-8-18(14)22-19(23)13-26-16-11-9-15(10-12-16)21(2,3)4/h6-12H,13H2,1-5H3,(H,22,23). The maximum Gasteiger partial charge on any atom is 0.338 e. The molecule has 1 N–H and O–H groups in total. The van der Waals surface area contributed by atoms with Crippen LogP contribution in [0.2, 0.25) is 0 Å². The fraction of sp³-hybridized carbons (Fsp3) is 0.333. The Morgan fingerprint density at radius 3 is 2.27 bits per heavy atom. The molecule has 0 saturated heterocycles. The van der Waals surface area contributed by atoms with Crippen molar-refractivity contribution >= 4 is 17.6 Å². The second-order valence-electron chi connectivity index (χ2n) is 7.08. The zero-order chi connectivity index (χ0) is 19.3. The van der Waals surface area contributed by atoms with E-state index in [0.29, 0.717) is 22.6 Å². The predicted octanol–water partition coefficient (Wildman–Crippen LogP) is 4.10. The summed E-state index contributed by atoms with van der Waals surface area (Å²) in [5, 5.41) is 2.76. The molecule has 0 atom stereocenters. The quantitative estimate of drug-likeness (QED) is 0.820. The highest BCUT2D eigenvalue weighted by atomic mass is 16.5. The van der Waals surface area contributed by atoms with Crippen molar-refractivity contribution in [3.05, 3.63) is 59.2 Å². The SMILES string of the molecule is COC(=O)c1cccc(NC(=O)COc2ccc(C(C)(C)C)cc2)c1C. The summed E-state index contributed by atoms with van der Waals surface area (Å²) in [5.41, 5.74) is 2.90. The summed E-state index contributed by atoms with van der Waals surface area (Å²) >= 11 is 0. The molecule has 5 heteroatoms. The van der Waals surface area contributed by atoms with Crippen LogP contribution in [0.4, 0.5) is 5.69 Å². The normalized spacial score (nSPS) is 11.0. The van der Waals surface area contributed by atoms with E-state index in [1.165, 1.54) is 12.7 Å². The number of rotatable bonds is 5. The first-order valence-corrected chi connectivity index (χ1v) is 8.43. The molecule has 0 unspecified atom stereocenters. The second kappa shape index (κ2) is 8.04. The maximum atomic E-state index is 12.2. The summed E-state index contributed by atoms with van der Waals surface area (Å²) in [4.78, 5) is 23.9. The molecule has 0 aliphatic heterocycles. The van der Waals surface area contributed by atoms with Crippen LogP contribution in [0.1, 0.15) is 42.3 Å². The third kappa shape index (κ3) is 4.85. The Bertz CT molecular complexity index is 789. The molecule has 0 radical (unpaired) electrons. The van der Waals surface area contributed by atoms with E-state index in [2.05, 4.69) is 26.1 Å². The van der Waals surface area contributed by atoms with Crippen molar-refractivity contribution in [3.8, 4) is 5.75 Å². The van der Waals surface area contributed by atoms with Crippen molar-refractivity contribution in [1.29, 1.82) is 0 Å². The Kier molecular flexibility index (Phi) is 6.03. The lowest BCUT2D eigenvalue weighted by atomic mass is 9.87. The summed E-state index contributed by atoms with van der Waals surface area (Å²) < 4.78 is 10.3. The van der Waals surface area contributed by atoms with Crippen molar-refractivity contribution in [2.45, 2.75) is 33.1 Å². The van der Waals surface area contributed by atoms with Crippen LogP contribution in [0.15, 0.2) is 42.5 Å². The fourth-order valence-corrected chi connectivity index (χ4v) is 2.49. The van der Waals surface area contributed by atoms with Crippen molar-refractivity contribution in [2.24, 2.45) is 0 Å². The smallest absolute Gasteiger partial charge is 0.338 e. The second-order valence-corrected chi connectivity index (χ2v) is 7.08. The van der Waals surface area contributed by atoms with E-state index in [0.717, 1.165) is 0 Å². The van der Waals surface area contributed by atoms with E-state index in [4.69, 9.17) is 9.47 Å². The summed E-state index contributed by atoms with van der Waals surface area (Å²) in [6.45, 7) is 8.06. The average molecular weight is 355 g/mol. The molecular weight excluding hydrogens is 330 g/mol. The van der Waals surface area contributed by atoms with Crippen LogP contribution >= 0.6 is 0 Å². The van der Waals surface area contributed by atoms with Gasteiger partial charge in [0.2, 0.25) is 0 Å². The van der Waals surface area contributed by atoms with Gasteiger partial charge in [-0.25, -0.2) is 4.79 Å². The molecule has 0 bridgehead atoms. The van der Waals surface area contributed by atoms with E-state index >= 15 is 0 Å². The first-order chi connectivity index (χ1) is 12.2. The van der Waals surface area contributed by atoms with Crippen LogP contribution in [0.5, 0.6) is 5.75 Å². The lowest BCUT2D eigenvalue weighted by Crippen LogP contribution is -2.21. The molecule has 0 aliphatic rings. The van der Waals surface area contributed by atoms with Crippen molar-refractivity contribution in [3.63, 3.8) is 0 Å². The molecule has 0 saturated carbocycles. The highest BCUT2D eigenvalue weighted by molar-refractivity contribution is 5.97. The Morgan fingerprint density at radius 2 is 1.69 bits per heavy atom. The van der Waals surface area contributed by atoms with E-state index < -0.39 is 5.97 Å². The van der Waals surface area contributed by atoms with Gasteiger partial charge in [0.1, 0.15) is 5.75 Å². The van der Waals surface area contributed by atoms with Crippen molar-refractivity contribution < 1.29 is 19.1 Å². The number of carbonyl (C=O) groups excluding carboxylic acids is 2. The van der Waals surface area contributed by atoms with Crippen LogP contribution < -0.4 is 10.1 Å². The lowest BCUT2D eigenvalue weighted by molar-refractivity contribution is -0.118. The van der Waals surface area contributed by atoms with Crippen LogP contribution in [0, 0.1) is 6.92 Å². The van der Waals surface area contributed by atoms with Gasteiger partial charge in [-0.15, -0.1) is 0 Å². The molecule has 26 heavy (non-hydrogen) atoms. The van der Waals surface area contributed by atoms with Crippen molar-refractivity contribution in [2.75, 3.05) is 19.0 Å². The van der Waals surface area contributed by atoms with Gasteiger partial charge in [-0.05, 0) is 47.7 Å². The Hall–Kier alpha value is -2.82. The van der Waals surface area contributed by atoms with Gasteiger partial charge in [0.15, 0.2) is 6.61 Å². The largest absolute Gasteiger partial charge is 0.484 e. The van der Waals surface area contributed by atoms with Gasteiger partial charge in [0, 0.05) is 5.69 Å². The predicted molar refractivity (Wildman–Crippen MR) is 102 cm³/mol. The number of anilines is 1. The fourth-order valence-electron chi connectivity index (χ4n) is 2.49. The zero-order valence-corrected chi connectivity index (χ0v) is 15.9. The average Bonchev–Trinajstić information content (AvgIpc) is 2.60. The van der Waals surface area contributed by atoms with Gasteiger partial charge in [0.05, 0.1) is 12.7 Å². The molecule has 2 rings (SSSR count). The Balaban J connectivity index is 1.98. The van der Waals surface area contributed by atoms with E-state index in [1.807, 2.05) is 24.3 Å². The molecule has 1 amide bonds. The number of ether oxygens (including phenoxy) is 2. The highest BCUT2D eigenvalue weighted by Gasteiger charge is 2.15. The first-order valence-electron chi connectivity index (χ1n) is 8.43. The number of benzene rings is 2. The van der Waals surface area contributed by atoms with E-state index in [9.17, 15) is 9.59 Å². The summed E-state index contributed by atoms with van der Waals surface area (Å²) in [5.74, 6) is -0.100. The van der Waals surface area contributed by atoms with Crippen LogP contribution in [-0.4, -0.2) is 25.6 Å². The number of nitrogens with one attached hydrogen (secondary N) is 1. The number of esters is 1. The molecule has 0 fully saturated rings. The number of methoxy groups -OCH3 is 1. The minimum atomic E-state index is -0.436. The van der Waals surface area contributed by atoms with Crippen LogP contribution in [0.25, 0.3) is 0 Å². The van der Waals surface area contributed by atoms with Gasteiger partial charge >= 0.3 is 5.97 Å². The van der Waals surface area contributed by atoms with Crippen LogP contribution in [0.3, 0.4) is 0 Å². The molecule has 2 aromatic carbocycles. The molecule has 138 valence electrons. The summed E-state index contributed by atoms with van der Waals surface area (Å²) in [6, 6.07) is 12.8. The summed E-state index contributed by atoms with van der Waals surface area (Å²) in [7, 11) is 1.33.